The van der Waals surface area contributed by atoms with E-state index in [1.807, 2.05) is 0 Å². The molecular formula is C9H6ClNO2S2. The number of hydrogen-bond acceptors (Lipinski definition) is 4. The second kappa shape index (κ2) is 3.92. The molecule has 0 aliphatic heterocycles. The van der Waals surface area contributed by atoms with Crippen LogP contribution in [0.1, 0.15) is 0 Å². The molecule has 0 spiro atoms. The Bertz CT molecular complexity index is 546. The minimum atomic E-state index is -3.47. The van der Waals surface area contributed by atoms with E-state index in [4.69, 9.17) is 11.6 Å². The van der Waals surface area contributed by atoms with Gasteiger partial charge in [-0.15, -0.1) is 11.3 Å². The van der Waals surface area contributed by atoms with Gasteiger partial charge in [0.25, 0.3) is 0 Å². The van der Waals surface area contributed by atoms with Gasteiger partial charge in [-0.3, -0.25) is 0 Å². The van der Waals surface area contributed by atoms with E-state index >= 15 is 0 Å². The van der Waals surface area contributed by atoms with Gasteiger partial charge in [0.1, 0.15) is 0 Å². The second-order valence-electron chi connectivity index (χ2n) is 2.78. The lowest BCUT2D eigenvalue weighted by Gasteiger charge is -2.00. The molecule has 0 aliphatic rings. The first-order chi connectivity index (χ1) is 7.10. The van der Waals surface area contributed by atoms with Gasteiger partial charge in [-0.25, -0.2) is 13.4 Å². The molecule has 1 aromatic carbocycles. The Balaban J connectivity index is 2.52. The zero-order valence-corrected chi connectivity index (χ0v) is 9.81. The molecule has 6 heteroatoms. The molecule has 0 aliphatic carbocycles. The van der Waals surface area contributed by atoms with Gasteiger partial charge in [-0.1, -0.05) is 11.6 Å². The van der Waals surface area contributed by atoms with Crippen molar-refractivity contribution < 1.29 is 8.42 Å². The van der Waals surface area contributed by atoms with Crippen molar-refractivity contribution in [2.75, 3.05) is 0 Å². The van der Waals surface area contributed by atoms with Crippen molar-refractivity contribution in [3.8, 4) is 0 Å². The van der Waals surface area contributed by atoms with Crippen molar-refractivity contribution in [1.29, 1.82) is 0 Å². The van der Waals surface area contributed by atoms with Crippen molar-refractivity contribution in [3.63, 3.8) is 0 Å². The summed E-state index contributed by atoms with van der Waals surface area (Å²) < 4.78 is 23.8. The number of benzene rings is 1. The average Bonchev–Trinajstić information content (AvgIpc) is 2.71. The molecule has 78 valence electrons. The first-order valence-electron chi connectivity index (χ1n) is 3.99. The number of hydrogen-bond donors (Lipinski definition) is 0. The lowest BCUT2D eigenvalue weighted by atomic mass is 10.4. The molecule has 0 saturated carbocycles. The summed E-state index contributed by atoms with van der Waals surface area (Å²) in [7, 11) is -3.47. The van der Waals surface area contributed by atoms with E-state index < -0.39 is 9.84 Å². The smallest absolute Gasteiger partial charge is 0.224 e. The Morgan fingerprint density at radius 1 is 1.20 bits per heavy atom. The molecule has 0 bridgehead atoms. The molecular weight excluding hydrogens is 254 g/mol. The summed E-state index contributed by atoms with van der Waals surface area (Å²) in [5.41, 5.74) is 1.49. The Morgan fingerprint density at radius 3 is 2.40 bits per heavy atom. The monoisotopic (exact) mass is 259 g/mol. The maximum absolute atomic E-state index is 11.9. The number of aromatic nitrogens is 1. The first-order valence-corrected chi connectivity index (χ1v) is 6.80. The Labute approximate surface area is 96.3 Å². The van der Waals surface area contributed by atoms with Gasteiger partial charge in [0.05, 0.1) is 10.4 Å². The minimum absolute atomic E-state index is 0.0785. The standard InChI is InChI=1S/C9H6ClNO2S2/c10-7-1-3-8(4-2-7)15(12,13)9-5-14-6-11-9/h1-6H. The van der Waals surface area contributed by atoms with Crippen LogP contribution in [0.25, 0.3) is 0 Å². The maximum Gasteiger partial charge on any atom is 0.224 e. The largest absolute Gasteiger partial charge is 0.233 e. The van der Waals surface area contributed by atoms with Crippen molar-refractivity contribution >= 4 is 32.8 Å². The molecule has 2 aromatic rings. The van der Waals surface area contributed by atoms with Crippen molar-refractivity contribution in [2.24, 2.45) is 0 Å². The summed E-state index contributed by atoms with van der Waals surface area (Å²) in [4.78, 5) is 3.99. The molecule has 0 amide bonds. The van der Waals surface area contributed by atoms with Crippen LogP contribution in [-0.2, 0) is 9.84 Å². The van der Waals surface area contributed by atoms with Gasteiger partial charge in [0.15, 0.2) is 5.03 Å². The normalized spacial score (nSPS) is 11.5. The summed E-state index contributed by atoms with van der Waals surface area (Å²) in [6, 6.07) is 6.02. The van der Waals surface area contributed by atoms with Gasteiger partial charge in [-0.05, 0) is 24.3 Å². The number of halogens is 1. The fourth-order valence-electron chi connectivity index (χ4n) is 1.07. The zero-order chi connectivity index (χ0) is 10.9. The first kappa shape index (κ1) is 10.6. The third kappa shape index (κ3) is 2.04. The maximum atomic E-state index is 11.9. The lowest BCUT2D eigenvalue weighted by molar-refractivity contribution is 0.593. The zero-order valence-electron chi connectivity index (χ0n) is 7.42. The van der Waals surface area contributed by atoms with E-state index in [-0.39, 0.29) is 9.92 Å². The quantitative estimate of drug-likeness (QED) is 0.833. The van der Waals surface area contributed by atoms with Gasteiger partial charge >= 0.3 is 0 Å². The van der Waals surface area contributed by atoms with Crippen LogP contribution in [-0.4, -0.2) is 13.4 Å². The molecule has 0 saturated heterocycles. The van der Waals surface area contributed by atoms with Crippen LogP contribution in [0.4, 0.5) is 0 Å². The SMILES string of the molecule is O=S(=O)(c1ccc(Cl)cc1)c1cscn1. The molecule has 1 aromatic heterocycles. The van der Waals surface area contributed by atoms with Gasteiger partial charge in [0, 0.05) is 10.4 Å². The third-order valence-electron chi connectivity index (χ3n) is 1.81. The topological polar surface area (TPSA) is 47.0 Å². The average molecular weight is 260 g/mol. The summed E-state index contributed by atoms with van der Waals surface area (Å²) in [6.45, 7) is 0. The third-order valence-corrected chi connectivity index (χ3v) is 4.46. The van der Waals surface area contributed by atoms with Crippen LogP contribution in [0, 0.1) is 0 Å². The van der Waals surface area contributed by atoms with Crippen molar-refractivity contribution in [2.45, 2.75) is 9.92 Å². The molecule has 2 rings (SSSR count). The molecule has 0 N–H and O–H groups in total. The molecule has 0 atom stereocenters. The van der Waals surface area contributed by atoms with Crippen LogP contribution in [0.5, 0.6) is 0 Å². The van der Waals surface area contributed by atoms with Crippen LogP contribution < -0.4 is 0 Å². The minimum Gasteiger partial charge on any atom is -0.233 e. The van der Waals surface area contributed by atoms with E-state index in [1.165, 1.54) is 34.4 Å². The fraction of sp³-hybridized carbons (Fsp3) is 0. The van der Waals surface area contributed by atoms with Crippen molar-refractivity contribution in [3.05, 3.63) is 40.2 Å². The highest BCUT2D eigenvalue weighted by Crippen LogP contribution is 2.21. The molecule has 1 heterocycles. The summed E-state index contributed by atoms with van der Waals surface area (Å²) in [6.07, 6.45) is 0. The van der Waals surface area contributed by atoms with Gasteiger partial charge in [-0.2, -0.15) is 0 Å². The number of sulfone groups is 1. The summed E-state index contributed by atoms with van der Waals surface area (Å²) in [5, 5.41) is 2.09. The van der Waals surface area contributed by atoms with Crippen LogP contribution in [0.15, 0.2) is 45.1 Å². The predicted octanol–water partition coefficient (Wildman–Crippen LogP) is 2.63. The van der Waals surface area contributed by atoms with Crippen LogP contribution in [0.3, 0.4) is 0 Å². The van der Waals surface area contributed by atoms with Crippen LogP contribution >= 0.6 is 22.9 Å². The Hall–Kier alpha value is -0.910. The van der Waals surface area contributed by atoms with E-state index in [1.54, 1.807) is 12.1 Å². The molecule has 0 radical (unpaired) electrons. The summed E-state index contributed by atoms with van der Waals surface area (Å²) >= 11 is 6.93. The number of rotatable bonds is 2. The number of nitrogens with zero attached hydrogens (tertiary/aromatic N) is 1. The highest BCUT2D eigenvalue weighted by atomic mass is 35.5. The van der Waals surface area contributed by atoms with Crippen molar-refractivity contribution in [1.82, 2.24) is 4.98 Å². The fourth-order valence-corrected chi connectivity index (χ4v) is 3.27. The highest BCUT2D eigenvalue weighted by molar-refractivity contribution is 7.91. The molecule has 0 fully saturated rings. The lowest BCUT2D eigenvalue weighted by Crippen LogP contribution is -2.01. The Morgan fingerprint density at radius 2 is 1.87 bits per heavy atom. The van der Waals surface area contributed by atoms with E-state index in [2.05, 4.69) is 4.98 Å². The predicted molar refractivity (Wildman–Crippen MR) is 59.0 cm³/mol. The summed E-state index contributed by atoms with van der Waals surface area (Å²) in [5.74, 6) is 0. The van der Waals surface area contributed by atoms with Gasteiger partial charge in [0.2, 0.25) is 9.84 Å². The molecule has 3 nitrogen and oxygen atoms in total. The second-order valence-corrected chi connectivity index (χ2v) is 5.84. The van der Waals surface area contributed by atoms with E-state index in [0.717, 1.165) is 0 Å². The van der Waals surface area contributed by atoms with E-state index in [9.17, 15) is 8.42 Å². The van der Waals surface area contributed by atoms with Gasteiger partial charge < -0.3 is 0 Å². The number of thiazole rings is 1. The molecule has 15 heavy (non-hydrogen) atoms. The Kier molecular flexibility index (Phi) is 2.77. The highest BCUT2D eigenvalue weighted by Gasteiger charge is 2.18. The molecule has 0 unspecified atom stereocenters. The van der Waals surface area contributed by atoms with Crippen LogP contribution in [0.2, 0.25) is 5.02 Å². The van der Waals surface area contributed by atoms with E-state index in [0.29, 0.717) is 5.02 Å².